The standard InChI is InChI=1S/C14H11.2CH3.Al/c1-3-7-13(8-4-1)11-12-14-9-5-2-6-10-14;;;/h1-11H;2*1H3;. The molecular formula is C16H17Al. The maximum atomic E-state index is 2.38. The van der Waals surface area contributed by atoms with E-state index in [9.17, 15) is 0 Å². The molecule has 0 aliphatic carbocycles. The number of benzene rings is 2. The van der Waals surface area contributed by atoms with Gasteiger partial charge in [0.2, 0.25) is 0 Å². The molecule has 0 nitrogen and oxygen atoms in total. The highest BCUT2D eigenvalue weighted by molar-refractivity contribution is 6.78. The van der Waals surface area contributed by atoms with Crippen molar-refractivity contribution < 1.29 is 0 Å². The highest BCUT2D eigenvalue weighted by atomic mass is 27.2. The quantitative estimate of drug-likeness (QED) is 0.543. The number of hydrogen-bond donors (Lipinski definition) is 0. The first kappa shape index (κ1) is 12.2. The minimum absolute atomic E-state index is 0.821. The highest BCUT2D eigenvalue weighted by Crippen LogP contribution is 2.20. The molecule has 84 valence electrons. The molecule has 2 aromatic carbocycles. The van der Waals surface area contributed by atoms with Crippen molar-refractivity contribution >= 4 is 24.7 Å². The maximum Gasteiger partial charge on any atom is 0.300 e. The lowest BCUT2D eigenvalue weighted by Crippen LogP contribution is -2.04. The predicted octanol–water partition coefficient (Wildman–Crippen LogP) is 4.52. The topological polar surface area (TPSA) is 0 Å². The first-order valence-electron chi connectivity index (χ1n) is 6.09. The fourth-order valence-corrected chi connectivity index (χ4v) is 3.33. The lowest BCUT2D eigenvalue weighted by atomic mass is 10.1. The molecule has 0 atom stereocenters. The van der Waals surface area contributed by atoms with Crippen LogP contribution in [-0.2, 0) is 0 Å². The second-order valence-corrected chi connectivity index (χ2v) is 7.46. The Morgan fingerprint density at radius 1 is 0.824 bits per heavy atom. The average molecular weight is 236 g/mol. The summed E-state index contributed by atoms with van der Waals surface area (Å²) in [4.78, 5) is 0. The molecule has 0 saturated heterocycles. The molecule has 0 aliphatic rings. The lowest BCUT2D eigenvalue weighted by molar-refractivity contribution is 1.63. The van der Waals surface area contributed by atoms with E-state index >= 15 is 0 Å². The Hall–Kier alpha value is -1.29. The van der Waals surface area contributed by atoms with Gasteiger partial charge in [-0.2, -0.15) is 0 Å². The van der Waals surface area contributed by atoms with E-state index in [-0.39, 0.29) is 0 Å². The van der Waals surface area contributed by atoms with Crippen LogP contribution >= 0.6 is 0 Å². The highest BCUT2D eigenvalue weighted by Gasteiger charge is 2.11. The third-order valence-corrected chi connectivity index (χ3v) is 4.59. The fourth-order valence-electron chi connectivity index (χ4n) is 1.94. The van der Waals surface area contributed by atoms with Gasteiger partial charge in [-0.1, -0.05) is 66.7 Å². The predicted molar refractivity (Wildman–Crippen MR) is 78.2 cm³/mol. The smallest absolute Gasteiger partial charge is 0.103 e. The molecule has 1 heteroatoms. The summed E-state index contributed by atoms with van der Waals surface area (Å²) in [5, 5.41) is 0. The van der Waals surface area contributed by atoms with Crippen LogP contribution < -0.4 is 0 Å². The molecule has 17 heavy (non-hydrogen) atoms. The summed E-state index contributed by atoms with van der Waals surface area (Å²) >= 11 is -0.821. The van der Waals surface area contributed by atoms with E-state index in [2.05, 4.69) is 78.3 Å². The van der Waals surface area contributed by atoms with Gasteiger partial charge in [-0.25, -0.2) is 0 Å². The third-order valence-electron chi connectivity index (χ3n) is 2.85. The zero-order valence-electron chi connectivity index (χ0n) is 10.4. The SMILES string of the molecule is [CH3][Al]([CH3])[C](=Cc1ccccc1)c1ccccc1. The van der Waals surface area contributed by atoms with E-state index in [1.807, 2.05) is 0 Å². The summed E-state index contributed by atoms with van der Waals surface area (Å²) in [6.45, 7) is 0. The molecule has 0 unspecified atom stereocenters. The summed E-state index contributed by atoms with van der Waals surface area (Å²) in [6, 6.07) is 21.3. The molecule has 0 saturated carbocycles. The number of hydrogen-bond acceptors (Lipinski definition) is 0. The van der Waals surface area contributed by atoms with E-state index in [4.69, 9.17) is 0 Å². The zero-order chi connectivity index (χ0) is 12.1. The van der Waals surface area contributed by atoms with Gasteiger partial charge >= 0.3 is 0 Å². The van der Waals surface area contributed by atoms with Gasteiger partial charge in [-0.15, -0.1) is 16.0 Å². The normalized spacial score (nSPS) is 11.3. The molecule has 0 fully saturated rings. The average Bonchev–Trinajstić information content (AvgIpc) is 2.38. The van der Waals surface area contributed by atoms with Gasteiger partial charge in [0.25, 0.3) is 14.1 Å². The van der Waals surface area contributed by atoms with Crippen molar-refractivity contribution in [1.29, 1.82) is 0 Å². The van der Waals surface area contributed by atoms with E-state index in [1.54, 1.807) is 0 Å². The Morgan fingerprint density at radius 2 is 1.35 bits per heavy atom. The monoisotopic (exact) mass is 236 g/mol. The van der Waals surface area contributed by atoms with Crippen molar-refractivity contribution in [2.24, 2.45) is 0 Å². The summed E-state index contributed by atoms with van der Waals surface area (Å²) in [5.74, 6) is 4.75. The Balaban J connectivity index is 2.40. The maximum absolute atomic E-state index is 2.38. The minimum atomic E-state index is -0.821. The summed E-state index contributed by atoms with van der Waals surface area (Å²) in [7, 11) is 0. The van der Waals surface area contributed by atoms with Gasteiger partial charge in [0.15, 0.2) is 0 Å². The molecule has 0 aliphatic heterocycles. The fraction of sp³-hybridized carbons (Fsp3) is 0.125. The van der Waals surface area contributed by atoms with Crippen LogP contribution in [0, 0.1) is 0 Å². The van der Waals surface area contributed by atoms with Crippen LogP contribution in [0.3, 0.4) is 0 Å². The van der Waals surface area contributed by atoms with E-state index < -0.39 is 14.1 Å². The first-order valence-corrected chi connectivity index (χ1v) is 8.98. The first-order chi connectivity index (χ1) is 8.27. The molecule has 0 bridgehead atoms. The summed E-state index contributed by atoms with van der Waals surface area (Å²) in [5.41, 5.74) is 2.67. The Labute approximate surface area is 108 Å². The van der Waals surface area contributed by atoms with E-state index in [0.717, 1.165) is 0 Å². The lowest BCUT2D eigenvalue weighted by Gasteiger charge is -2.09. The van der Waals surface area contributed by atoms with E-state index in [1.165, 1.54) is 15.6 Å². The summed E-state index contributed by atoms with van der Waals surface area (Å²) in [6.07, 6.45) is 2.34. The van der Waals surface area contributed by atoms with Crippen LogP contribution in [0.1, 0.15) is 11.1 Å². The van der Waals surface area contributed by atoms with Gasteiger partial charge < -0.3 is 0 Å². The van der Waals surface area contributed by atoms with Gasteiger partial charge in [-0.05, 0) is 11.1 Å². The van der Waals surface area contributed by atoms with Crippen molar-refractivity contribution in [3.8, 4) is 0 Å². The van der Waals surface area contributed by atoms with Crippen molar-refractivity contribution in [3.63, 3.8) is 0 Å². The third kappa shape index (κ3) is 3.33. The van der Waals surface area contributed by atoms with Gasteiger partial charge in [-0.3, -0.25) is 0 Å². The van der Waals surface area contributed by atoms with Crippen LogP contribution in [0.15, 0.2) is 60.7 Å². The Kier molecular flexibility index (Phi) is 4.20. The largest absolute Gasteiger partial charge is 0.300 e. The minimum Gasteiger partial charge on any atom is -0.103 e. The number of rotatable bonds is 3. The van der Waals surface area contributed by atoms with Gasteiger partial charge in [0.05, 0.1) is 0 Å². The molecule has 0 aromatic heterocycles. The zero-order valence-corrected chi connectivity index (χ0v) is 11.6. The van der Waals surface area contributed by atoms with Crippen LogP contribution in [0.5, 0.6) is 0 Å². The molecule has 0 spiro atoms. The van der Waals surface area contributed by atoms with Crippen molar-refractivity contribution in [1.82, 2.24) is 0 Å². The Morgan fingerprint density at radius 3 is 1.88 bits per heavy atom. The van der Waals surface area contributed by atoms with Crippen molar-refractivity contribution in [3.05, 3.63) is 71.8 Å². The second kappa shape index (κ2) is 5.87. The van der Waals surface area contributed by atoms with Crippen LogP contribution in [0.4, 0.5) is 0 Å². The second-order valence-electron chi connectivity index (χ2n) is 4.53. The van der Waals surface area contributed by atoms with E-state index in [0.29, 0.717) is 0 Å². The van der Waals surface area contributed by atoms with Crippen LogP contribution in [-0.4, -0.2) is 14.1 Å². The molecule has 0 N–H and O–H groups in total. The van der Waals surface area contributed by atoms with Crippen LogP contribution in [0.25, 0.3) is 10.5 Å². The van der Waals surface area contributed by atoms with Crippen molar-refractivity contribution in [2.75, 3.05) is 0 Å². The van der Waals surface area contributed by atoms with Crippen molar-refractivity contribution in [2.45, 2.75) is 11.6 Å². The van der Waals surface area contributed by atoms with Crippen LogP contribution in [0.2, 0.25) is 11.6 Å². The molecule has 2 aromatic rings. The van der Waals surface area contributed by atoms with Gasteiger partial charge in [0, 0.05) is 0 Å². The molecule has 0 heterocycles. The molecule has 2 rings (SSSR count). The molecule has 0 radical (unpaired) electrons. The Bertz CT molecular complexity index is 483. The molecular weight excluding hydrogens is 219 g/mol. The van der Waals surface area contributed by atoms with Gasteiger partial charge in [0.1, 0.15) is 0 Å². The summed E-state index contributed by atoms with van der Waals surface area (Å²) < 4.78 is 1.52. The molecule has 0 amide bonds.